The molecule has 4 amide bonds. The van der Waals surface area contributed by atoms with Crippen LogP contribution < -0.4 is 21.5 Å². The Bertz CT molecular complexity index is 731. The first-order valence-electron chi connectivity index (χ1n) is 12.0. The number of likely N-dealkylation sites (tertiary alicyclic amines) is 2. The van der Waals surface area contributed by atoms with Gasteiger partial charge in [-0.3, -0.25) is 39.8 Å². The molecule has 2 aliphatic rings. The average molecular weight is 481 g/mol. The average Bonchev–Trinajstić information content (AvgIpc) is 2.67. The van der Waals surface area contributed by atoms with Gasteiger partial charge in [-0.25, -0.2) is 0 Å². The molecule has 34 heavy (non-hydrogen) atoms. The third-order valence-corrected chi connectivity index (χ3v) is 7.99. The lowest BCUT2D eigenvalue weighted by atomic mass is 9.77. The molecule has 10 heteroatoms. The fraction of sp³-hybridized carbons (Fsp3) is 0.833. The van der Waals surface area contributed by atoms with E-state index in [1.165, 1.54) is 0 Å². The van der Waals surface area contributed by atoms with Crippen molar-refractivity contribution in [1.29, 1.82) is 0 Å². The van der Waals surface area contributed by atoms with Crippen LogP contribution in [0.15, 0.2) is 0 Å². The molecule has 4 N–H and O–H groups in total. The number of piperidine rings is 2. The molecule has 2 aliphatic heterocycles. The second kappa shape index (κ2) is 9.45. The number of carbonyl (C=O) groups is 4. The molecule has 2 rings (SSSR count). The zero-order valence-electron chi connectivity index (χ0n) is 22.5. The first kappa shape index (κ1) is 28.0. The molecule has 2 saturated heterocycles. The van der Waals surface area contributed by atoms with Crippen molar-refractivity contribution in [3.63, 3.8) is 0 Å². The largest absolute Gasteiger partial charge is 0.345 e. The van der Waals surface area contributed by atoms with Gasteiger partial charge in [0.05, 0.1) is 0 Å². The molecule has 2 heterocycles. The molecule has 0 bridgehead atoms. The summed E-state index contributed by atoms with van der Waals surface area (Å²) >= 11 is 0. The quantitative estimate of drug-likeness (QED) is 0.340. The number of nitrogens with one attached hydrogen (secondary N) is 4. The van der Waals surface area contributed by atoms with Gasteiger partial charge >= 0.3 is 23.6 Å². The van der Waals surface area contributed by atoms with Crippen LogP contribution in [0.2, 0.25) is 0 Å². The van der Waals surface area contributed by atoms with E-state index in [2.05, 4.69) is 89.9 Å². The summed E-state index contributed by atoms with van der Waals surface area (Å²) in [7, 11) is 4.11. The third kappa shape index (κ3) is 6.27. The van der Waals surface area contributed by atoms with Crippen molar-refractivity contribution in [3.8, 4) is 0 Å². The molecule has 0 radical (unpaired) electrons. The van der Waals surface area contributed by atoms with Gasteiger partial charge in [-0.1, -0.05) is 0 Å². The maximum atomic E-state index is 12.4. The van der Waals surface area contributed by atoms with Crippen molar-refractivity contribution in [1.82, 2.24) is 31.3 Å². The molecule has 0 aromatic rings. The summed E-state index contributed by atoms with van der Waals surface area (Å²) in [5.41, 5.74) is 3.49. The lowest BCUT2D eigenvalue weighted by molar-refractivity contribution is -0.145. The Hall–Kier alpha value is -2.20. The molecular weight excluding hydrogens is 436 g/mol. The summed E-state index contributed by atoms with van der Waals surface area (Å²) < 4.78 is 0. The van der Waals surface area contributed by atoms with E-state index in [9.17, 15) is 19.2 Å². The maximum absolute atomic E-state index is 12.4. The van der Waals surface area contributed by atoms with Gasteiger partial charge in [0, 0.05) is 34.2 Å². The second-order valence-corrected chi connectivity index (χ2v) is 12.4. The van der Waals surface area contributed by atoms with Crippen LogP contribution in [0, 0.1) is 0 Å². The summed E-state index contributed by atoms with van der Waals surface area (Å²) in [5, 5.41) is 5.51. The number of carbonyl (C=O) groups excluding carboxylic acids is 4. The fourth-order valence-electron chi connectivity index (χ4n) is 5.68. The smallest absolute Gasteiger partial charge is 0.327 e. The minimum absolute atomic E-state index is 0.153. The van der Waals surface area contributed by atoms with Gasteiger partial charge in [0.15, 0.2) is 0 Å². The van der Waals surface area contributed by atoms with Crippen molar-refractivity contribution >= 4 is 23.6 Å². The highest BCUT2D eigenvalue weighted by molar-refractivity contribution is 6.38. The molecule has 0 unspecified atom stereocenters. The van der Waals surface area contributed by atoms with Crippen LogP contribution in [0.3, 0.4) is 0 Å². The Balaban J connectivity index is 1.86. The van der Waals surface area contributed by atoms with Crippen LogP contribution in [-0.4, -0.2) is 81.8 Å². The highest BCUT2D eigenvalue weighted by atomic mass is 16.2. The van der Waals surface area contributed by atoms with Crippen LogP contribution in [0.4, 0.5) is 0 Å². The molecular formula is C24H44N6O4. The normalized spacial score (nSPS) is 24.6. The summed E-state index contributed by atoms with van der Waals surface area (Å²) in [6.07, 6.45) is 2.74. The van der Waals surface area contributed by atoms with E-state index in [-0.39, 0.29) is 34.2 Å². The summed E-state index contributed by atoms with van der Waals surface area (Å²) in [6.45, 7) is 16.8. The topological polar surface area (TPSA) is 123 Å². The maximum Gasteiger partial charge on any atom is 0.327 e. The first-order valence-corrected chi connectivity index (χ1v) is 12.0. The van der Waals surface area contributed by atoms with Gasteiger partial charge in [-0.2, -0.15) is 0 Å². The summed E-state index contributed by atoms with van der Waals surface area (Å²) in [4.78, 5) is 53.8. The van der Waals surface area contributed by atoms with Crippen molar-refractivity contribution in [2.45, 2.75) is 115 Å². The van der Waals surface area contributed by atoms with E-state index in [1.807, 2.05) is 10.9 Å². The Morgan fingerprint density at radius 2 is 0.765 bits per heavy atom. The number of nitrogens with zero attached hydrogens (tertiary/aromatic N) is 2. The van der Waals surface area contributed by atoms with E-state index in [0.717, 1.165) is 0 Å². The van der Waals surface area contributed by atoms with Gasteiger partial charge in [0.1, 0.15) is 0 Å². The molecule has 0 saturated carbocycles. The zero-order valence-corrected chi connectivity index (χ0v) is 22.5. The SMILES string of the molecule is CN1C(C)(C)CC(NC(=O)C(=O)NNC(=O)C(=O)NC2CC(C)(C)N(C)C(C)(C)C2)CC1(C)C. The van der Waals surface area contributed by atoms with Gasteiger partial charge in [-0.05, 0) is 95.2 Å². The van der Waals surface area contributed by atoms with Crippen LogP contribution in [0.25, 0.3) is 0 Å². The van der Waals surface area contributed by atoms with Gasteiger partial charge < -0.3 is 10.6 Å². The standard InChI is InChI=1S/C24H44N6O4/c1-21(2)11-15(12-22(3,4)29(21)9)25-17(31)19(33)27-28-20(34)18(32)26-16-13-23(5,6)30(10)24(7,8)14-16/h15-16H,11-14H2,1-10H3,(H,25,31)(H,26,32)(H,27,33)(H,28,34). The molecule has 10 nitrogen and oxygen atoms in total. The molecule has 0 atom stereocenters. The summed E-state index contributed by atoms with van der Waals surface area (Å²) in [6, 6.07) is -0.371. The van der Waals surface area contributed by atoms with Crippen molar-refractivity contribution < 1.29 is 19.2 Å². The Kier molecular flexibility index (Phi) is 7.79. The van der Waals surface area contributed by atoms with Gasteiger partial charge in [0.2, 0.25) is 0 Å². The summed E-state index contributed by atoms with van der Waals surface area (Å²) in [5.74, 6) is -3.73. The molecule has 0 aromatic carbocycles. The number of hydrogen-bond donors (Lipinski definition) is 4. The Labute approximate surface area is 203 Å². The molecule has 0 spiro atoms. The van der Waals surface area contributed by atoms with E-state index in [0.29, 0.717) is 25.7 Å². The second-order valence-electron chi connectivity index (χ2n) is 12.4. The Morgan fingerprint density at radius 3 is 1.00 bits per heavy atom. The minimum atomic E-state index is -1.02. The van der Waals surface area contributed by atoms with E-state index in [1.54, 1.807) is 0 Å². The van der Waals surface area contributed by atoms with Crippen LogP contribution >= 0.6 is 0 Å². The number of rotatable bonds is 2. The van der Waals surface area contributed by atoms with Crippen LogP contribution in [-0.2, 0) is 19.2 Å². The van der Waals surface area contributed by atoms with Crippen molar-refractivity contribution in [2.75, 3.05) is 14.1 Å². The lowest BCUT2D eigenvalue weighted by Crippen LogP contribution is -2.64. The molecule has 194 valence electrons. The van der Waals surface area contributed by atoms with E-state index in [4.69, 9.17) is 0 Å². The van der Waals surface area contributed by atoms with Crippen molar-refractivity contribution in [3.05, 3.63) is 0 Å². The predicted octanol–water partition coefficient (Wildman–Crippen LogP) is 0.669. The van der Waals surface area contributed by atoms with Crippen LogP contribution in [0.5, 0.6) is 0 Å². The van der Waals surface area contributed by atoms with E-state index >= 15 is 0 Å². The van der Waals surface area contributed by atoms with Crippen LogP contribution in [0.1, 0.15) is 81.1 Å². The monoisotopic (exact) mass is 480 g/mol. The molecule has 0 aromatic heterocycles. The minimum Gasteiger partial charge on any atom is -0.345 e. The molecule has 0 aliphatic carbocycles. The zero-order chi connectivity index (χ0) is 26.3. The first-order chi connectivity index (χ1) is 15.3. The highest BCUT2D eigenvalue weighted by Crippen LogP contribution is 2.37. The molecule has 2 fully saturated rings. The number of amides is 4. The predicted molar refractivity (Wildman–Crippen MR) is 130 cm³/mol. The number of hydrazine groups is 1. The Morgan fingerprint density at radius 1 is 0.529 bits per heavy atom. The number of hydrogen-bond acceptors (Lipinski definition) is 6. The fourth-order valence-corrected chi connectivity index (χ4v) is 5.68. The van der Waals surface area contributed by atoms with E-state index < -0.39 is 23.6 Å². The lowest BCUT2D eigenvalue weighted by Gasteiger charge is -2.53. The van der Waals surface area contributed by atoms with Gasteiger partial charge in [0.25, 0.3) is 0 Å². The highest BCUT2D eigenvalue weighted by Gasteiger charge is 2.45. The third-order valence-electron chi connectivity index (χ3n) is 7.99. The van der Waals surface area contributed by atoms with Crippen molar-refractivity contribution in [2.24, 2.45) is 0 Å². The van der Waals surface area contributed by atoms with Gasteiger partial charge in [-0.15, -0.1) is 0 Å².